The fourth-order valence-electron chi connectivity index (χ4n) is 4.29. The smallest absolute Gasteiger partial charge is 0.166 e. The molecule has 1 aliphatic rings. The number of hydrogen-bond donors (Lipinski definition) is 2. The molecule has 3 aromatic heterocycles. The van der Waals surface area contributed by atoms with Crippen molar-refractivity contribution >= 4 is 44.0 Å². The van der Waals surface area contributed by atoms with E-state index in [1.54, 1.807) is 28.5 Å². The molecule has 1 saturated heterocycles. The number of nitrogens with one attached hydrogen (secondary N) is 2. The maximum Gasteiger partial charge on any atom is 0.166 e. The third-order valence-corrected chi connectivity index (χ3v) is 6.89. The third kappa shape index (κ3) is 4.06. The summed E-state index contributed by atoms with van der Waals surface area (Å²) in [5.41, 5.74) is 4.74. The second kappa shape index (κ2) is 8.82. The Morgan fingerprint density at radius 2 is 2.09 bits per heavy atom. The number of nitrogens with zero attached hydrogens (tertiary/aromatic N) is 5. The number of alkyl halides is 1. The van der Waals surface area contributed by atoms with Crippen molar-refractivity contribution in [2.75, 3.05) is 18.4 Å². The van der Waals surface area contributed by atoms with Crippen LogP contribution in [0.1, 0.15) is 6.42 Å². The Hall–Kier alpha value is -3.70. The maximum absolute atomic E-state index is 15.2. The van der Waals surface area contributed by atoms with Crippen LogP contribution in [0.3, 0.4) is 0 Å². The van der Waals surface area contributed by atoms with Gasteiger partial charge in [0.05, 0.1) is 38.5 Å². The molecular formula is C24H21F2N7OS. The van der Waals surface area contributed by atoms with Crippen LogP contribution in [0.15, 0.2) is 48.5 Å². The molecule has 0 radical (unpaired) electrons. The molecule has 11 heteroatoms. The van der Waals surface area contributed by atoms with Crippen LogP contribution in [0.2, 0.25) is 0 Å². The lowest BCUT2D eigenvalue weighted by atomic mass is 10.0. The minimum absolute atomic E-state index is 0.229. The van der Waals surface area contributed by atoms with Gasteiger partial charge in [-0.05, 0) is 42.8 Å². The first-order valence-electron chi connectivity index (χ1n) is 11.1. The van der Waals surface area contributed by atoms with Gasteiger partial charge in [0.15, 0.2) is 5.82 Å². The van der Waals surface area contributed by atoms with E-state index < -0.39 is 18.1 Å². The van der Waals surface area contributed by atoms with Gasteiger partial charge >= 0.3 is 0 Å². The molecule has 35 heavy (non-hydrogen) atoms. The van der Waals surface area contributed by atoms with Crippen LogP contribution in [0, 0.1) is 5.82 Å². The summed E-state index contributed by atoms with van der Waals surface area (Å²) >= 11 is 1.23. The molecule has 0 aliphatic carbocycles. The van der Waals surface area contributed by atoms with Crippen LogP contribution < -0.4 is 15.4 Å². The Morgan fingerprint density at radius 1 is 1.17 bits per heavy atom. The van der Waals surface area contributed by atoms with Crippen molar-refractivity contribution in [3.8, 4) is 16.9 Å². The van der Waals surface area contributed by atoms with E-state index in [-0.39, 0.29) is 12.2 Å². The van der Waals surface area contributed by atoms with Gasteiger partial charge in [-0.15, -0.1) is 11.3 Å². The summed E-state index contributed by atoms with van der Waals surface area (Å²) in [5, 5.41) is 10.9. The number of thiazole rings is 1. The van der Waals surface area contributed by atoms with Gasteiger partial charge in [0, 0.05) is 25.4 Å². The zero-order valence-corrected chi connectivity index (χ0v) is 19.5. The highest BCUT2D eigenvalue weighted by atomic mass is 32.1. The molecule has 178 valence electrons. The summed E-state index contributed by atoms with van der Waals surface area (Å²) in [6.45, 7) is 0.888. The van der Waals surface area contributed by atoms with Crippen molar-refractivity contribution in [3.05, 3.63) is 54.3 Å². The van der Waals surface area contributed by atoms with Crippen LogP contribution in [0.4, 0.5) is 20.3 Å². The number of halogens is 2. The van der Waals surface area contributed by atoms with E-state index in [9.17, 15) is 4.39 Å². The number of piperidine rings is 1. The van der Waals surface area contributed by atoms with Gasteiger partial charge in [-0.1, -0.05) is 0 Å². The number of benzene rings is 2. The fourth-order valence-corrected chi connectivity index (χ4v) is 5.02. The first-order valence-corrected chi connectivity index (χ1v) is 12.0. The zero-order valence-electron chi connectivity index (χ0n) is 18.7. The SMILES string of the molecule is Cn1cc(-c2cc(O[C@@H]3CCNC[C@H]3F)c3c(Nc4ccc5ncsc5c4F)ncnc3c2)cn1. The van der Waals surface area contributed by atoms with Crippen LogP contribution in [0.25, 0.3) is 32.2 Å². The molecule has 1 fully saturated rings. The number of anilines is 2. The lowest BCUT2D eigenvalue weighted by Crippen LogP contribution is -2.44. The van der Waals surface area contributed by atoms with Gasteiger partial charge in [0.25, 0.3) is 0 Å². The topological polar surface area (TPSA) is 89.8 Å². The third-order valence-electron chi connectivity index (χ3n) is 6.06. The van der Waals surface area contributed by atoms with E-state index in [1.807, 2.05) is 25.4 Å². The molecule has 8 nitrogen and oxygen atoms in total. The molecule has 2 atom stereocenters. The van der Waals surface area contributed by atoms with E-state index in [2.05, 4.69) is 30.7 Å². The van der Waals surface area contributed by atoms with Gasteiger partial charge in [-0.25, -0.2) is 23.7 Å². The number of ether oxygens (including phenoxy) is 1. The van der Waals surface area contributed by atoms with E-state index in [0.717, 1.165) is 11.1 Å². The number of rotatable bonds is 5. The quantitative estimate of drug-likeness (QED) is 0.370. The van der Waals surface area contributed by atoms with Crippen LogP contribution in [-0.2, 0) is 7.05 Å². The van der Waals surface area contributed by atoms with Gasteiger partial charge < -0.3 is 15.4 Å². The lowest BCUT2D eigenvalue weighted by molar-refractivity contribution is 0.0744. The molecule has 6 rings (SSSR count). The number of fused-ring (bicyclic) bond motifs is 2. The van der Waals surface area contributed by atoms with E-state index >= 15 is 4.39 Å². The second-order valence-electron chi connectivity index (χ2n) is 8.41. The number of aryl methyl sites for hydroxylation is 1. The number of hydrogen-bond acceptors (Lipinski definition) is 8. The fraction of sp³-hybridized carbons (Fsp3) is 0.250. The zero-order chi connectivity index (χ0) is 23.9. The van der Waals surface area contributed by atoms with E-state index in [0.29, 0.717) is 45.7 Å². The summed E-state index contributed by atoms with van der Waals surface area (Å²) in [6.07, 6.45) is 3.77. The predicted octanol–water partition coefficient (Wildman–Crippen LogP) is 4.60. The molecule has 1 aliphatic heterocycles. The molecule has 0 spiro atoms. The highest BCUT2D eigenvalue weighted by Gasteiger charge is 2.28. The molecule has 0 bridgehead atoms. The Morgan fingerprint density at radius 3 is 2.91 bits per heavy atom. The number of aromatic nitrogens is 5. The lowest BCUT2D eigenvalue weighted by Gasteiger charge is -2.28. The van der Waals surface area contributed by atoms with Crippen molar-refractivity contribution in [2.45, 2.75) is 18.7 Å². The first-order chi connectivity index (χ1) is 17.1. The summed E-state index contributed by atoms with van der Waals surface area (Å²) in [4.78, 5) is 13.0. The molecule has 0 amide bonds. The summed E-state index contributed by atoms with van der Waals surface area (Å²) in [5.74, 6) is 0.390. The van der Waals surface area contributed by atoms with Gasteiger partial charge in [0.1, 0.15) is 30.2 Å². The molecule has 0 unspecified atom stereocenters. The summed E-state index contributed by atoms with van der Waals surface area (Å²) in [6, 6.07) is 7.11. The van der Waals surface area contributed by atoms with Crippen molar-refractivity contribution in [1.29, 1.82) is 0 Å². The highest BCUT2D eigenvalue weighted by Crippen LogP contribution is 2.38. The highest BCUT2D eigenvalue weighted by molar-refractivity contribution is 7.16. The standard InChI is InChI=1S/C24H21F2N7OS/c1-33-10-14(8-31-33)13-6-18-21(20(7-13)34-19-4-5-27-9-15(19)25)24(29-11-28-18)32-16-2-3-17-23(22(16)26)35-12-30-17/h2-3,6-8,10-12,15,19,27H,4-5,9H2,1H3,(H,28,29,32)/t15-,19-/m1/s1. The molecule has 2 N–H and O–H groups in total. The molecule has 0 saturated carbocycles. The minimum Gasteiger partial charge on any atom is -0.486 e. The van der Waals surface area contributed by atoms with E-state index in [1.165, 1.54) is 17.7 Å². The average Bonchev–Trinajstić information content (AvgIpc) is 3.52. The van der Waals surface area contributed by atoms with Gasteiger partial charge in [-0.3, -0.25) is 4.68 Å². The first kappa shape index (κ1) is 21.8. The minimum atomic E-state index is -1.16. The van der Waals surface area contributed by atoms with Gasteiger partial charge in [-0.2, -0.15) is 5.10 Å². The predicted molar refractivity (Wildman–Crippen MR) is 131 cm³/mol. The van der Waals surface area contributed by atoms with Crippen molar-refractivity contribution in [1.82, 2.24) is 30.0 Å². The van der Waals surface area contributed by atoms with E-state index in [4.69, 9.17) is 4.74 Å². The normalized spacial score (nSPS) is 18.3. The second-order valence-corrected chi connectivity index (χ2v) is 9.27. The summed E-state index contributed by atoms with van der Waals surface area (Å²) < 4.78 is 38.3. The average molecular weight is 494 g/mol. The van der Waals surface area contributed by atoms with Crippen LogP contribution in [0.5, 0.6) is 5.75 Å². The Labute approximate surface area is 203 Å². The monoisotopic (exact) mass is 493 g/mol. The Balaban J connectivity index is 1.48. The van der Waals surface area contributed by atoms with Crippen molar-refractivity contribution in [2.24, 2.45) is 7.05 Å². The van der Waals surface area contributed by atoms with Crippen LogP contribution >= 0.6 is 11.3 Å². The summed E-state index contributed by atoms with van der Waals surface area (Å²) in [7, 11) is 1.84. The van der Waals surface area contributed by atoms with Crippen molar-refractivity contribution in [3.63, 3.8) is 0 Å². The van der Waals surface area contributed by atoms with Gasteiger partial charge in [0.2, 0.25) is 0 Å². The maximum atomic E-state index is 15.2. The Bertz CT molecular complexity index is 1540. The molecule has 4 heterocycles. The molecule has 2 aromatic carbocycles. The largest absolute Gasteiger partial charge is 0.486 e. The van der Waals surface area contributed by atoms with Crippen LogP contribution in [-0.4, -0.2) is 50.1 Å². The molecule has 5 aromatic rings. The Kier molecular flexibility index (Phi) is 5.50. The molecular weight excluding hydrogens is 472 g/mol. The van der Waals surface area contributed by atoms with Crippen molar-refractivity contribution < 1.29 is 13.5 Å².